The zero-order valence-corrected chi connectivity index (χ0v) is 18.5. The highest BCUT2D eigenvalue weighted by molar-refractivity contribution is 6.13. The van der Waals surface area contributed by atoms with Crippen LogP contribution in [0.4, 0.5) is 5.69 Å². The van der Waals surface area contributed by atoms with Crippen molar-refractivity contribution in [3.63, 3.8) is 0 Å². The summed E-state index contributed by atoms with van der Waals surface area (Å²) in [5, 5.41) is 0. The summed E-state index contributed by atoms with van der Waals surface area (Å²) >= 11 is 0. The number of benzene rings is 2. The molecule has 33 heavy (non-hydrogen) atoms. The van der Waals surface area contributed by atoms with Gasteiger partial charge in [0, 0.05) is 67.5 Å². The van der Waals surface area contributed by atoms with Gasteiger partial charge in [0.25, 0.3) is 0 Å². The summed E-state index contributed by atoms with van der Waals surface area (Å²) in [5.41, 5.74) is 4.92. The first-order valence-corrected chi connectivity index (χ1v) is 11.4. The molecule has 1 amide bonds. The monoisotopic (exact) mass is 443 g/mol. The molecule has 1 unspecified atom stereocenters. The third kappa shape index (κ3) is 3.03. The summed E-state index contributed by atoms with van der Waals surface area (Å²) in [6, 6.07) is 10.0. The van der Waals surface area contributed by atoms with E-state index in [-0.39, 0.29) is 12.5 Å². The Kier molecular flexibility index (Phi) is 4.80. The average Bonchev–Trinajstić information content (AvgIpc) is 3.66. The molecule has 4 aliphatic rings. The van der Waals surface area contributed by atoms with Gasteiger partial charge >= 0.3 is 0 Å². The van der Waals surface area contributed by atoms with Gasteiger partial charge in [0.1, 0.15) is 29.8 Å². The lowest BCUT2D eigenvalue weighted by Crippen LogP contribution is -2.41. The van der Waals surface area contributed by atoms with Crippen molar-refractivity contribution < 1.29 is 19.0 Å². The number of hydrogen-bond acceptors (Lipinski definition) is 6. The van der Waals surface area contributed by atoms with Gasteiger partial charge in [0.2, 0.25) is 5.91 Å². The molecule has 0 bridgehead atoms. The average molecular weight is 444 g/mol. The second-order valence-corrected chi connectivity index (χ2v) is 8.76. The van der Waals surface area contributed by atoms with Crippen LogP contribution < -0.4 is 14.4 Å². The minimum Gasteiger partial charge on any atom is -0.493 e. The Bertz CT molecular complexity index is 1220. The van der Waals surface area contributed by atoms with E-state index in [0.717, 1.165) is 64.6 Å². The van der Waals surface area contributed by atoms with E-state index in [0.29, 0.717) is 6.61 Å². The number of rotatable bonds is 1. The van der Waals surface area contributed by atoms with E-state index < -0.39 is 5.41 Å². The standard InChI is InChI=1S/C22H17N3O3.C4H8O/c1-25-17-4-2-3-15(14-9-23-12-24-10-14)20(17)22(21(25)26)11-28-19-8-18-13(5-6-27-18)7-16(19)22;1-2-4-5-3-1/h2-4,7-10,12H,5-6,11H2,1H3;1-4H2. The van der Waals surface area contributed by atoms with E-state index in [9.17, 15) is 4.79 Å². The molecule has 1 saturated heterocycles. The number of carbonyl (C=O) groups excluding carboxylic acids is 1. The zero-order valence-electron chi connectivity index (χ0n) is 18.5. The second-order valence-electron chi connectivity index (χ2n) is 8.76. The smallest absolute Gasteiger partial charge is 0.245 e. The number of anilines is 1. The first kappa shape index (κ1) is 20.2. The molecule has 1 aromatic heterocycles. The molecular formula is C26H25N3O4. The predicted molar refractivity (Wildman–Crippen MR) is 123 cm³/mol. The number of fused-ring (bicyclic) bond motifs is 5. The lowest BCUT2D eigenvalue weighted by atomic mass is 9.74. The number of amides is 1. The highest BCUT2D eigenvalue weighted by atomic mass is 16.5. The van der Waals surface area contributed by atoms with Crippen LogP contribution in [0.15, 0.2) is 49.1 Å². The molecule has 168 valence electrons. The van der Waals surface area contributed by atoms with E-state index in [1.165, 1.54) is 19.2 Å². The molecule has 0 saturated carbocycles. The van der Waals surface area contributed by atoms with E-state index >= 15 is 0 Å². The molecule has 0 aliphatic carbocycles. The largest absolute Gasteiger partial charge is 0.493 e. The van der Waals surface area contributed by atoms with Gasteiger partial charge in [0.15, 0.2) is 0 Å². The predicted octanol–water partition coefficient (Wildman–Crippen LogP) is 3.53. The topological polar surface area (TPSA) is 73.8 Å². The summed E-state index contributed by atoms with van der Waals surface area (Å²) in [6.07, 6.45) is 8.49. The van der Waals surface area contributed by atoms with Crippen LogP contribution in [0.5, 0.6) is 11.5 Å². The maximum Gasteiger partial charge on any atom is 0.245 e. The number of nitrogens with zero attached hydrogens (tertiary/aromatic N) is 3. The summed E-state index contributed by atoms with van der Waals surface area (Å²) in [6.45, 7) is 2.95. The van der Waals surface area contributed by atoms with Crippen molar-refractivity contribution in [2.75, 3.05) is 38.4 Å². The van der Waals surface area contributed by atoms with Gasteiger partial charge in [0.05, 0.1) is 6.61 Å². The van der Waals surface area contributed by atoms with Crippen molar-refractivity contribution in [2.45, 2.75) is 24.7 Å². The van der Waals surface area contributed by atoms with Gasteiger partial charge in [-0.05, 0) is 36.1 Å². The van der Waals surface area contributed by atoms with Crippen molar-refractivity contribution in [3.8, 4) is 22.6 Å². The maximum atomic E-state index is 13.6. The quantitative estimate of drug-likeness (QED) is 0.573. The zero-order chi connectivity index (χ0) is 22.4. The lowest BCUT2D eigenvalue weighted by molar-refractivity contribution is -0.121. The normalized spacial score (nSPS) is 21.7. The van der Waals surface area contributed by atoms with Crippen LogP contribution in [0.2, 0.25) is 0 Å². The van der Waals surface area contributed by atoms with Crippen LogP contribution in [-0.2, 0) is 21.4 Å². The van der Waals surface area contributed by atoms with Crippen LogP contribution in [0.1, 0.15) is 29.5 Å². The van der Waals surface area contributed by atoms with Gasteiger partial charge in [-0.1, -0.05) is 12.1 Å². The van der Waals surface area contributed by atoms with Crippen molar-refractivity contribution in [3.05, 3.63) is 65.7 Å². The highest BCUT2D eigenvalue weighted by Gasteiger charge is 2.57. The minimum absolute atomic E-state index is 0.0319. The molecule has 5 heterocycles. The molecule has 1 spiro atoms. The summed E-state index contributed by atoms with van der Waals surface area (Å²) in [4.78, 5) is 23.7. The van der Waals surface area contributed by atoms with Crippen molar-refractivity contribution in [1.29, 1.82) is 0 Å². The molecule has 7 heteroatoms. The Balaban J connectivity index is 0.000000368. The van der Waals surface area contributed by atoms with Crippen molar-refractivity contribution >= 4 is 11.6 Å². The molecule has 1 fully saturated rings. The maximum absolute atomic E-state index is 13.6. The van der Waals surface area contributed by atoms with Gasteiger partial charge < -0.3 is 19.1 Å². The summed E-state index contributed by atoms with van der Waals surface area (Å²) in [7, 11) is 1.83. The molecule has 2 aromatic carbocycles. The Morgan fingerprint density at radius 2 is 1.82 bits per heavy atom. The SMILES string of the molecule is C1CCOC1.CN1C(=O)C2(COc3cc4c(cc32)CCO4)c2c(-c3cncnc3)cccc21. The number of ether oxygens (including phenoxy) is 3. The fourth-order valence-corrected chi connectivity index (χ4v) is 5.27. The molecule has 7 rings (SSSR count). The lowest BCUT2D eigenvalue weighted by Gasteiger charge is -2.23. The Hall–Kier alpha value is -3.45. The van der Waals surface area contributed by atoms with E-state index in [1.54, 1.807) is 17.3 Å². The van der Waals surface area contributed by atoms with Crippen molar-refractivity contribution in [2.24, 2.45) is 0 Å². The third-order valence-electron chi connectivity index (χ3n) is 6.89. The van der Waals surface area contributed by atoms with Crippen LogP contribution in [-0.4, -0.2) is 49.4 Å². The molecular weight excluding hydrogens is 418 g/mol. The van der Waals surface area contributed by atoms with Crippen LogP contribution in [0, 0.1) is 0 Å². The van der Waals surface area contributed by atoms with Gasteiger partial charge in [-0.3, -0.25) is 4.79 Å². The molecule has 4 aliphatic heterocycles. The van der Waals surface area contributed by atoms with Gasteiger partial charge in [-0.2, -0.15) is 0 Å². The Labute approximate surface area is 192 Å². The fourth-order valence-electron chi connectivity index (χ4n) is 5.27. The summed E-state index contributed by atoms with van der Waals surface area (Å²) in [5.74, 6) is 1.62. The number of hydrogen-bond donors (Lipinski definition) is 0. The molecule has 0 N–H and O–H groups in total. The number of carbonyl (C=O) groups is 1. The second kappa shape index (κ2) is 7.85. The van der Waals surface area contributed by atoms with E-state index in [2.05, 4.69) is 16.0 Å². The van der Waals surface area contributed by atoms with Gasteiger partial charge in [-0.25, -0.2) is 9.97 Å². The number of aromatic nitrogens is 2. The van der Waals surface area contributed by atoms with E-state index in [1.807, 2.05) is 31.3 Å². The first-order valence-electron chi connectivity index (χ1n) is 11.4. The van der Waals surface area contributed by atoms with Gasteiger partial charge in [-0.15, -0.1) is 0 Å². The minimum atomic E-state index is -0.858. The Morgan fingerprint density at radius 3 is 2.58 bits per heavy atom. The summed E-state index contributed by atoms with van der Waals surface area (Å²) < 4.78 is 16.7. The highest BCUT2D eigenvalue weighted by Crippen LogP contribution is 2.55. The van der Waals surface area contributed by atoms with Crippen LogP contribution in [0.25, 0.3) is 11.1 Å². The van der Waals surface area contributed by atoms with E-state index in [4.69, 9.17) is 14.2 Å². The van der Waals surface area contributed by atoms with Crippen molar-refractivity contribution in [1.82, 2.24) is 9.97 Å². The van der Waals surface area contributed by atoms with Crippen LogP contribution in [0.3, 0.4) is 0 Å². The number of likely N-dealkylation sites (N-methyl/N-ethyl adjacent to an activating group) is 1. The molecule has 7 nitrogen and oxygen atoms in total. The first-order chi connectivity index (χ1) is 16.2. The molecule has 3 aromatic rings. The van der Waals surface area contributed by atoms with Crippen LogP contribution >= 0.6 is 0 Å². The third-order valence-corrected chi connectivity index (χ3v) is 6.89. The molecule has 0 radical (unpaired) electrons. The molecule has 1 atom stereocenters. The Morgan fingerprint density at radius 1 is 1.00 bits per heavy atom. The fraction of sp³-hybridized carbons (Fsp3) is 0.346.